The highest BCUT2D eigenvalue weighted by molar-refractivity contribution is 5.42. The van der Waals surface area contributed by atoms with Gasteiger partial charge in [-0.2, -0.15) is 9.97 Å². The lowest BCUT2D eigenvalue weighted by Gasteiger charge is -2.30. The number of hydrogen-bond acceptors (Lipinski definition) is 7. The van der Waals surface area contributed by atoms with Crippen molar-refractivity contribution >= 4 is 11.8 Å². The van der Waals surface area contributed by atoms with E-state index in [4.69, 9.17) is 4.52 Å². The van der Waals surface area contributed by atoms with E-state index < -0.39 is 0 Å². The van der Waals surface area contributed by atoms with Crippen LogP contribution >= 0.6 is 0 Å². The zero-order valence-corrected chi connectivity index (χ0v) is 13.6. The van der Waals surface area contributed by atoms with Crippen molar-refractivity contribution in [1.29, 1.82) is 0 Å². The average Bonchev–Trinajstić information content (AvgIpc) is 3.32. The summed E-state index contributed by atoms with van der Waals surface area (Å²) in [5, 5.41) is 4.19. The van der Waals surface area contributed by atoms with Gasteiger partial charge in [0.2, 0.25) is 11.8 Å². The summed E-state index contributed by atoms with van der Waals surface area (Å²) in [5.74, 6) is 4.38. The van der Waals surface area contributed by atoms with E-state index in [0.717, 1.165) is 49.4 Å². The molecule has 7 nitrogen and oxygen atoms in total. The first kappa shape index (κ1) is 14.4. The maximum Gasteiger partial charge on any atom is 0.229 e. The minimum atomic E-state index is 0.388. The van der Waals surface area contributed by atoms with E-state index in [1.807, 2.05) is 31.3 Å². The maximum atomic E-state index is 5.39. The second-order valence-corrected chi connectivity index (χ2v) is 6.64. The average molecular weight is 314 g/mol. The van der Waals surface area contributed by atoms with E-state index in [0.29, 0.717) is 11.8 Å². The van der Waals surface area contributed by atoms with Crippen molar-refractivity contribution in [3.63, 3.8) is 0 Å². The first-order chi connectivity index (χ1) is 11.2. The van der Waals surface area contributed by atoms with Crippen molar-refractivity contribution in [3.05, 3.63) is 24.0 Å². The minimum absolute atomic E-state index is 0.388. The van der Waals surface area contributed by atoms with Crippen molar-refractivity contribution in [3.8, 4) is 0 Å². The highest BCUT2D eigenvalue weighted by atomic mass is 16.5. The van der Waals surface area contributed by atoms with Crippen molar-refractivity contribution in [2.45, 2.75) is 37.5 Å². The molecule has 2 aromatic heterocycles. The molecule has 0 radical (unpaired) electrons. The van der Waals surface area contributed by atoms with Crippen molar-refractivity contribution in [1.82, 2.24) is 20.1 Å². The molecule has 4 rings (SSSR count). The summed E-state index contributed by atoms with van der Waals surface area (Å²) in [6.45, 7) is 1.85. The number of rotatable bonds is 4. The molecule has 122 valence electrons. The molecule has 1 aliphatic carbocycles. The Morgan fingerprint density at radius 2 is 1.87 bits per heavy atom. The van der Waals surface area contributed by atoms with Crippen LogP contribution in [0.2, 0.25) is 0 Å². The van der Waals surface area contributed by atoms with Gasteiger partial charge in [0, 0.05) is 45.2 Å². The molecule has 0 unspecified atom stereocenters. The summed E-state index contributed by atoms with van der Waals surface area (Å²) in [6.07, 6.45) is 6.24. The molecule has 0 spiro atoms. The normalized spacial score (nSPS) is 19.1. The van der Waals surface area contributed by atoms with Crippen LogP contribution in [0.4, 0.5) is 11.8 Å². The van der Waals surface area contributed by atoms with Gasteiger partial charge in [-0.05, 0) is 31.7 Å². The fourth-order valence-corrected chi connectivity index (χ4v) is 2.99. The Kier molecular flexibility index (Phi) is 3.63. The van der Waals surface area contributed by atoms with Gasteiger partial charge in [-0.1, -0.05) is 5.16 Å². The smallest absolute Gasteiger partial charge is 0.229 e. The number of hydrogen-bond donors (Lipinski definition) is 0. The van der Waals surface area contributed by atoms with Gasteiger partial charge in [0.15, 0.2) is 5.82 Å². The predicted molar refractivity (Wildman–Crippen MR) is 86.8 cm³/mol. The summed E-state index contributed by atoms with van der Waals surface area (Å²) < 4.78 is 5.39. The molecule has 0 atom stereocenters. The number of piperidine rings is 1. The third kappa shape index (κ3) is 3.00. The quantitative estimate of drug-likeness (QED) is 0.856. The second kappa shape index (κ2) is 5.79. The van der Waals surface area contributed by atoms with Crippen LogP contribution in [0.5, 0.6) is 0 Å². The van der Waals surface area contributed by atoms with Crippen LogP contribution < -0.4 is 9.80 Å². The van der Waals surface area contributed by atoms with Crippen LogP contribution in [0.25, 0.3) is 0 Å². The Balaban J connectivity index is 1.41. The van der Waals surface area contributed by atoms with Crippen LogP contribution in [0.15, 0.2) is 16.8 Å². The molecule has 2 fully saturated rings. The summed E-state index contributed by atoms with van der Waals surface area (Å²) in [4.78, 5) is 17.9. The van der Waals surface area contributed by atoms with E-state index in [1.165, 1.54) is 12.8 Å². The Morgan fingerprint density at radius 3 is 2.57 bits per heavy atom. The van der Waals surface area contributed by atoms with Crippen LogP contribution in [-0.4, -0.2) is 47.3 Å². The summed E-state index contributed by atoms with van der Waals surface area (Å²) in [7, 11) is 3.98. The molecule has 0 aromatic carbocycles. The maximum absolute atomic E-state index is 5.39. The largest absolute Gasteiger partial charge is 0.363 e. The van der Waals surface area contributed by atoms with Crippen molar-refractivity contribution < 1.29 is 4.52 Å². The number of nitrogens with zero attached hydrogens (tertiary/aromatic N) is 6. The van der Waals surface area contributed by atoms with Crippen LogP contribution in [0.1, 0.15) is 49.2 Å². The molecule has 1 saturated carbocycles. The lowest BCUT2D eigenvalue weighted by Crippen LogP contribution is -2.34. The van der Waals surface area contributed by atoms with Gasteiger partial charge in [0.05, 0.1) is 0 Å². The van der Waals surface area contributed by atoms with E-state index in [2.05, 4.69) is 25.0 Å². The Morgan fingerprint density at radius 1 is 1.09 bits per heavy atom. The van der Waals surface area contributed by atoms with Crippen LogP contribution in [0.3, 0.4) is 0 Å². The monoisotopic (exact) mass is 314 g/mol. The number of aromatic nitrogens is 4. The van der Waals surface area contributed by atoms with Gasteiger partial charge in [-0.25, -0.2) is 4.98 Å². The van der Waals surface area contributed by atoms with Gasteiger partial charge >= 0.3 is 0 Å². The Bertz CT molecular complexity index is 673. The lowest BCUT2D eigenvalue weighted by atomic mass is 9.96. The molecule has 0 N–H and O–H groups in total. The standard InChI is InChI=1S/C16H22N6O/c1-21(2)13-5-8-17-16(18-13)22-9-6-11(7-10-22)14-19-15(23-20-14)12-3-4-12/h5,8,11-12H,3-4,6-7,9-10H2,1-2H3. The Labute approximate surface area is 135 Å². The zero-order chi connectivity index (χ0) is 15.8. The fourth-order valence-electron chi connectivity index (χ4n) is 2.99. The Hall–Kier alpha value is -2.18. The molecule has 0 bridgehead atoms. The second-order valence-electron chi connectivity index (χ2n) is 6.64. The van der Waals surface area contributed by atoms with Crippen molar-refractivity contribution in [2.75, 3.05) is 37.0 Å². The third-order valence-corrected chi connectivity index (χ3v) is 4.61. The van der Waals surface area contributed by atoms with Gasteiger partial charge in [0.25, 0.3) is 0 Å². The predicted octanol–water partition coefficient (Wildman–Crippen LogP) is 2.19. The highest BCUT2D eigenvalue weighted by Crippen LogP contribution is 2.39. The highest BCUT2D eigenvalue weighted by Gasteiger charge is 2.32. The first-order valence-corrected chi connectivity index (χ1v) is 8.29. The van der Waals surface area contributed by atoms with Crippen LogP contribution in [-0.2, 0) is 0 Å². The molecule has 2 aromatic rings. The molecule has 7 heteroatoms. The summed E-state index contributed by atoms with van der Waals surface area (Å²) >= 11 is 0. The zero-order valence-electron chi connectivity index (χ0n) is 13.6. The minimum Gasteiger partial charge on any atom is -0.363 e. The molecule has 1 aliphatic heterocycles. The van der Waals surface area contributed by atoms with Gasteiger partial charge in [0.1, 0.15) is 5.82 Å². The molecule has 0 amide bonds. The van der Waals surface area contributed by atoms with Gasteiger partial charge in [-0.15, -0.1) is 0 Å². The number of anilines is 2. The van der Waals surface area contributed by atoms with E-state index in [1.54, 1.807) is 0 Å². The molecule has 1 saturated heterocycles. The van der Waals surface area contributed by atoms with E-state index in [9.17, 15) is 0 Å². The molecule has 3 heterocycles. The molecular weight excluding hydrogens is 292 g/mol. The molecule has 23 heavy (non-hydrogen) atoms. The van der Waals surface area contributed by atoms with E-state index >= 15 is 0 Å². The molecular formula is C16H22N6O. The lowest BCUT2D eigenvalue weighted by molar-refractivity contribution is 0.364. The van der Waals surface area contributed by atoms with Gasteiger partial charge < -0.3 is 14.3 Å². The topological polar surface area (TPSA) is 71.2 Å². The van der Waals surface area contributed by atoms with Crippen LogP contribution in [0, 0.1) is 0 Å². The molecule has 2 aliphatic rings. The third-order valence-electron chi connectivity index (χ3n) is 4.61. The SMILES string of the molecule is CN(C)c1ccnc(N2CCC(c3noc(C4CC4)n3)CC2)n1. The van der Waals surface area contributed by atoms with Gasteiger partial charge in [-0.3, -0.25) is 0 Å². The summed E-state index contributed by atoms with van der Waals surface area (Å²) in [5.41, 5.74) is 0. The first-order valence-electron chi connectivity index (χ1n) is 8.29. The van der Waals surface area contributed by atoms with E-state index in [-0.39, 0.29) is 0 Å². The summed E-state index contributed by atoms with van der Waals surface area (Å²) in [6, 6.07) is 1.93. The van der Waals surface area contributed by atoms with Crippen molar-refractivity contribution in [2.24, 2.45) is 0 Å². The fraction of sp³-hybridized carbons (Fsp3) is 0.625.